The van der Waals surface area contributed by atoms with Crippen LogP contribution in [0.25, 0.3) is 138 Å². The van der Waals surface area contributed by atoms with Gasteiger partial charge in [-0.15, -0.1) is 0 Å². The number of aromatic nitrogens is 3. The minimum atomic E-state index is 0.662. The van der Waals surface area contributed by atoms with E-state index in [9.17, 15) is 5.26 Å². The third-order valence-electron chi connectivity index (χ3n) is 13.9. The standard InChI is InChI=1S/C63H36N4/c64-37-38-30-47-20-21-48-34-49(35-58-62(48)61(47)57(31-38)67(58)50-14-8-3-9-15-50)45-17-16-44-33-46(19-18-43(44)32-45)51-26-22-41-24-28-53-54(29-25-42-23-27-52(51)59(41)60(42)53)63-65-55(39-10-4-1-5-11-39)36-56(66-63)40-12-6-2-7-13-40/h1-36H. The van der Waals surface area contributed by atoms with Gasteiger partial charge in [0.05, 0.1) is 34.1 Å². The van der Waals surface area contributed by atoms with Crippen molar-refractivity contribution in [2.24, 2.45) is 0 Å². The molecule has 14 rings (SSSR count). The minimum absolute atomic E-state index is 0.662. The monoisotopic (exact) mass is 848 g/mol. The molecule has 308 valence electrons. The lowest BCUT2D eigenvalue weighted by atomic mass is 9.88. The summed E-state index contributed by atoms with van der Waals surface area (Å²) in [6.45, 7) is 0. The van der Waals surface area contributed by atoms with Crippen LogP contribution in [0.1, 0.15) is 5.56 Å². The Bertz CT molecular complexity index is 4260. The molecular weight excluding hydrogens is 813 g/mol. The fourth-order valence-electron chi connectivity index (χ4n) is 10.8. The van der Waals surface area contributed by atoms with Crippen LogP contribution in [0.4, 0.5) is 0 Å². The van der Waals surface area contributed by atoms with Crippen molar-refractivity contribution in [2.75, 3.05) is 0 Å². The van der Waals surface area contributed by atoms with Gasteiger partial charge in [-0.05, 0) is 137 Å². The molecule has 0 spiro atoms. The third-order valence-corrected chi connectivity index (χ3v) is 13.9. The molecule has 4 nitrogen and oxygen atoms in total. The van der Waals surface area contributed by atoms with Crippen LogP contribution < -0.4 is 0 Å². The van der Waals surface area contributed by atoms with Gasteiger partial charge in [-0.2, -0.15) is 5.26 Å². The molecule has 2 heterocycles. The zero-order chi connectivity index (χ0) is 44.2. The fraction of sp³-hybridized carbons (Fsp3) is 0. The molecule has 0 aliphatic rings. The Morgan fingerprint density at radius 2 is 0.836 bits per heavy atom. The van der Waals surface area contributed by atoms with Crippen LogP contribution in [-0.4, -0.2) is 14.5 Å². The maximum atomic E-state index is 9.96. The fourth-order valence-corrected chi connectivity index (χ4v) is 10.8. The van der Waals surface area contributed by atoms with Crippen molar-refractivity contribution in [3.8, 4) is 67.9 Å². The van der Waals surface area contributed by atoms with Gasteiger partial charge in [0, 0.05) is 33.2 Å². The molecule has 67 heavy (non-hydrogen) atoms. The summed E-state index contributed by atoms with van der Waals surface area (Å²) in [7, 11) is 0. The second kappa shape index (κ2) is 14.4. The lowest BCUT2D eigenvalue weighted by molar-refractivity contribution is 1.18. The van der Waals surface area contributed by atoms with Crippen molar-refractivity contribution in [1.82, 2.24) is 14.5 Å². The van der Waals surface area contributed by atoms with Gasteiger partial charge < -0.3 is 4.57 Å². The maximum absolute atomic E-state index is 9.96. The highest BCUT2D eigenvalue weighted by Gasteiger charge is 2.21. The second-order valence-corrected chi connectivity index (χ2v) is 17.7. The van der Waals surface area contributed by atoms with Crippen LogP contribution in [-0.2, 0) is 0 Å². The van der Waals surface area contributed by atoms with Crippen LogP contribution in [0.3, 0.4) is 0 Å². The molecule has 0 aliphatic heterocycles. The van der Waals surface area contributed by atoms with Crippen molar-refractivity contribution >= 4 is 75.7 Å². The highest BCUT2D eigenvalue weighted by Crippen LogP contribution is 2.45. The number of nitriles is 1. The third kappa shape index (κ3) is 5.79. The molecule has 0 radical (unpaired) electrons. The normalized spacial score (nSPS) is 11.9. The molecule has 0 aliphatic carbocycles. The highest BCUT2D eigenvalue weighted by atomic mass is 15.0. The summed E-state index contributed by atoms with van der Waals surface area (Å²) in [5, 5.41) is 24.3. The molecule has 0 amide bonds. The van der Waals surface area contributed by atoms with Gasteiger partial charge >= 0.3 is 0 Å². The Labute approximate surface area is 385 Å². The Balaban J connectivity index is 0.887. The highest BCUT2D eigenvalue weighted by molar-refractivity contribution is 6.28. The molecule has 0 bridgehead atoms. The van der Waals surface area contributed by atoms with Crippen molar-refractivity contribution in [2.45, 2.75) is 0 Å². The van der Waals surface area contributed by atoms with Crippen molar-refractivity contribution in [3.05, 3.63) is 224 Å². The molecule has 12 aromatic carbocycles. The first kappa shape index (κ1) is 37.2. The lowest BCUT2D eigenvalue weighted by Crippen LogP contribution is -1.97. The summed E-state index contributed by atoms with van der Waals surface area (Å²) in [4.78, 5) is 10.5. The second-order valence-electron chi connectivity index (χ2n) is 17.7. The lowest BCUT2D eigenvalue weighted by Gasteiger charge is -2.17. The smallest absolute Gasteiger partial charge is 0.161 e. The SMILES string of the molecule is N#Cc1cc2ccc3cc(-c4ccc5cc(-c6ccc7ccc8c(-c9nc(-c%10ccccc%10)cc(-c%10ccccc%10)n9)ccc9ccc6c7c98)ccc5c4)cc4c3c2c(c1)n4-c1ccccc1. The van der Waals surface area contributed by atoms with E-state index in [-0.39, 0.29) is 0 Å². The average molecular weight is 849 g/mol. The van der Waals surface area contributed by atoms with Gasteiger partial charge in [-0.25, -0.2) is 9.97 Å². The maximum Gasteiger partial charge on any atom is 0.161 e. The summed E-state index contributed by atoms with van der Waals surface area (Å²) in [5.74, 6) is 0.713. The van der Waals surface area contributed by atoms with Gasteiger partial charge in [0.1, 0.15) is 0 Å². The van der Waals surface area contributed by atoms with E-state index < -0.39 is 0 Å². The summed E-state index contributed by atoms with van der Waals surface area (Å²) >= 11 is 0. The predicted octanol–water partition coefficient (Wildman–Crippen LogP) is 16.4. The Hall–Kier alpha value is -9.17. The molecule has 0 fully saturated rings. The topological polar surface area (TPSA) is 54.5 Å². The number of hydrogen-bond donors (Lipinski definition) is 0. The summed E-state index contributed by atoms with van der Waals surface area (Å²) in [5.41, 5.74) is 13.6. The molecule has 0 N–H and O–H groups in total. The van der Waals surface area contributed by atoms with E-state index in [1.54, 1.807) is 0 Å². The van der Waals surface area contributed by atoms with Crippen LogP contribution in [0.5, 0.6) is 0 Å². The zero-order valence-electron chi connectivity index (χ0n) is 36.1. The van der Waals surface area contributed by atoms with Gasteiger partial charge in [0.25, 0.3) is 0 Å². The Morgan fingerprint density at radius 1 is 0.343 bits per heavy atom. The van der Waals surface area contributed by atoms with Gasteiger partial charge in [0.15, 0.2) is 5.82 Å². The summed E-state index contributed by atoms with van der Waals surface area (Å²) in [6, 6.07) is 80.5. The van der Waals surface area contributed by atoms with Crippen molar-refractivity contribution < 1.29 is 0 Å². The predicted molar refractivity (Wildman–Crippen MR) is 278 cm³/mol. The largest absolute Gasteiger partial charge is 0.309 e. The molecule has 0 unspecified atom stereocenters. The van der Waals surface area contributed by atoms with E-state index in [4.69, 9.17) is 9.97 Å². The van der Waals surface area contributed by atoms with Crippen LogP contribution in [0, 0.1) is 11.3 Å². The van der Waals surface area contributed by atoms with E-state index in [2.05, 4.69) is 199 Å². The van der Waals surface area contributed by atoms with Crippen LogP contribution in [0.15, 0.2) is 218 Å². The van der Waals surface area contributed by atoms with Gasteiger partial charge in [-0.1, -0.05) is 158 Å². The number of nitrogens with zero attached hydrogens (tertiary/aromatic N) is 4. The number of fused-ring (bicyclic) bond motifs is 1. The average Bonchev–Trinajstić information content (AvgIpc) is 3.74. The van der Waals surface area contributed by atoms with Crippen molar-refractivity contribution in [1.29, 1.82) is 5.26 Å². The summed E-state index contributed by atoms with van der Waals surface area (Å²) < 4.78 is 2.32. The number of benzene rings is 12. The van der Waals surface area contributed by atoms with E-state index in [0.29, 0.717) is 11.4 Å². The van der Waals surface area contributed by atoms with Crippen LogP contribution in [0.2, 0.25) is 0 Å². The minimum Gasteiger partial charge on any atom is -0.309 e. The Morgan fingerprint density at radius 3 is 1.48 bits per heavy atom. The first-order chi connectivity index (χ1) is 33.1. The first-order valence-electron chi connectivity index (χ1n) is 22.7. The van der Waals surface area contributed by atoms with E-state index in [0.717, 1.165) is 66.7 Å². The quantitative estimate of drug-likeness (QED) is 0.157. The molecule has 0 saturated carbocycles. The van der Waals surface area contributed by atoms with E-state index in [1.165, 1.54) is 65.0 Å². The van der Waals surface area contributed by atoms with E-state index in [1.807, 2.05) is 30.3 Å². The molecule has 4 heteroatoms. The van der Waals surface area contributed by atoms with Crippen molar-refractivity contribution in [3.63, 3.8) is 0 Å². The van der Waals surface area contributed by atoms with Crippen LogP contribution >= 0.6 is 0 Å². The molecule has 0 saturated heterocycles. The number of hydrogen-bond acceptors (Lipinski definition) is 3. The number of para-hydroxylation sites is 1. The first-order valence-corrected chi connectivity index (χ1v) is 22.7. The molecular formula is C63H36N4. The summed E-state index contributed by atoms with van der Waals surface area (Å²) in [6.07, 6.45) is 0. The Kier molecular flexibility index (Phi) is 8.01. The number of rotatable bonds is 6. The molecule has 14 aromatic rings. The van der Waals surface area contributed by atoms with E-state index >= 15 is 0 Å². The van der Waals surface area contributed by atoms with Gasteiger partial charge in [0.2, 0.25) is 0 Å². The molecule has 0 atom stereocenters. The zero-order valence-corrected chi connectivity index (χ0v) is 36.1. The van der Waals surface area contributed by atoms with Gasteiger partial charge in [-0.3, -0.25) is 0 Å². The molecule has 2 aromatic heterocycles.